The fraction of sp³-hybridized carbons (Fsp3) is 1.00. The van der Waals surface area contributed by atoms with Crippen LogP contribution in [0.15, 0.2) is 0 Å². The normalized spacial score (nSPS) is 38.8. The fourth-order valence-electron chi connectivity index (χ4n) is 3.96. The van der Waals surface area contributed by atoms with E-state index < -0.39 is 0 Å². The molecule has 0 aliphatic heterocycles. The van der Waals surface area contributed by atoms with Crippen molar-refractivity contribution in [2.75, 3.05) is 26.2 Å². The van der Waals surface area contributed by atoms with Crippen LogP contribution in [0.5, 0.6) is 0 Å². The summed E-state index contributed by atoms with van der Waals surface area (Å²) >= 11 is 0. The van der Waals surface area contributed by atoms with E-state index in [1.54, 1.807) is 0 Å². The van der Waals surface area contributed by atoms with E-state index >= 15 is 0 Å². The second-order valence-corrected chi connectivity index (χ2v) is 6.69. The molecule has 2 fully saturated rings. The lowest BCUT2D eigenvalue weighted by Gasteiger charge is -2.38. The summed E-state index contributed by atoms with van der Waals surface area (Å²) in [6, 6.07) is 0. The van der Waals surface area contributed by atoms with E-state index in [1.165, 1.54) is 19.3 Å². The molecule has 0 aromatic rings. The monoisotopic (exact) mass is 242 g/mol. The standard InChI is InChI=1S/C14H28N2O/c1-13(2)11-4-5-14(13,3)12(10-11)17-9-8-16-7-6-15/h11-12,16H,4-10,15H2,1-3H3/p+2/t11-,12+,14-/m1/s1. The molecule has 0 aromatic carbocycles. The highest BCUT2D eigenvalue weighted by Gasteiger charge is 2.61. The van der Waals surface area contributed by atoms with Gasteiger partial charge in [0.1, 0.15) is 13.1 Å². The van der Waals surface area contributed by atoms with Gasteiger partial charge in [0.25, 0.3) is 0 Å². The summed E-state index contributed by atoms with van der Waals surface area (Å²) in [7, 11) is 0. The second-order valence-electron chi connectivity index (χ2n) is 6.69. The Kier molecular flexibility index (Phi) is 3.81. The maximum Gasteiger partial charge on any atom is 0.125 e. The lowest BCUT2D eigenvalue weighted by molar-refractivity contribution is -0.671. The minimum absolute atomic E-state index is 0.421. The lowest BCUT2D eigenvalue weighted by atomic mass is 9.70. The quantitative estimate of drug-likeness (QED) is 0.634. The first kappa shape index (κ1) is 13.3. The highest BCUT2D eigenvalue weighted by molar-refractivity contribution is 5.11. The highest BCUT2D eigenvalue weighted by Crippen LogP contribution is 2.66. The Bertz CT molecular complexity index is 267. The Hall–Kier alpha value is -0.120. The van der Waals surface area contributed by atoms with Crippen LogP contribution >= 0.6 is 0 Å². The van der Waals surface area contributed by atoms with E-state index in [2.05, 4.69) is 31.8 Å². The first-order valence-corrected chi connectivity index (χ1v) is 7.25. The SMILES string of the molecule is CC1(C)[C@@H]2CC[C@]1(C)[C@@H](OCC[NH2+]CC[NH3+])C2. The Morgan fingerprint density at radius 2 is 2.06 bits per heavy atom. The molecule has 3 nitrogen and oxygen atoms in total. The van der Waals surface area contributed by atoms with Gasteiger partial charge < -0.3 is 15.8 Å². The molecule has 2 bridgehead atoms. The van der Waals surface area contributed by atoms with Crippen LogP contribution in [0, 0.1) is 16.7 Å². The van der Waals surface area contributed by atoms with Crippen molar-refractivity contribution in [3.63, 3.8) is 0 Å². The largest absolute Gasteiger partial charge is 0.372 e. The number of hydrogen-bond acceptors (Lipinski definition) is 1. The molecule has 0 amide bonds. The molecule has 0 spiro atoms. The van der Waals surface area contributed by atoms with Crippen molar-refractivity contribution < 1.29 is 15.8 Å². The van der Waals surface area contributed by atoms with Crippen LogP contribution in [0.4, 0.5) is 0 Å². The predicted molar refractivity (Wildman–Crippen MR) is 68.4 cm³/mol. The maximum absolute atomic E-state index is 6.17. The molecule has 3 atom stereocenters. The summed E-state index contributed by atoms with van der Waals surface area (Å²) in [5.74, 6) is 0.890. The summed E-state index contributed by atoms with van der Waals surface area (Å²) in [6.45, 7) is 11.5. The van der Waals surface area contributed by atoms with Crippen molar-refractivity contribution >= 4 is 0 Å². The Labute approximate surface area is 105 Å². The average molecular weight is 242 g/mol. The van der Waals surface area contributed by atoms with Gasteiger partial charge in [0.2, 0.25) is 0 Å². The number of rotatable bonds is 6. The zero-order valence-electron chi connectivity index (χ0n) is 11.8. The van der Waals surface area contributed by atoms with E-state index in [0.717, 1.165) is 32.2 Å². The molecule has 0 heterocycles. The van der Waals surface area contributed by atoms with Crippen LogP contribution in [0.25, 0.3) is 0 Å². The predicted octanol–water partition coefficient (Wildman–Crippen LogP) is 0.0231. The first-order chi connectivity index (χ1) is 8.02. The van der Waals surface area contributed by atoms with E-state index in [0.29, 0.717) is 16.9 Å². The van der Waals surface area contributed by atoms with Crippen LogP contribution < -0.4 is 11.1 Å². The summed E-state index contributed by atoms with van der Waals surface area (Å²) < 4.78 is 6.17. The van der Waals surface area contributed by atoms with Crippen LogP contribution in [-0.2, 0) is 4.74 Å². The third-order valence-corrected chi connectivity index (χ3v) is 5.76. The zero-order chi connectivity index (χ0) is 12.5. The van der Waals surface area contributed by atoms with Gasteiger partial charge in [-0.15, -0.1) is 0 Å². The number of nitrogens with two attached hydrogens (primary N) is 1. The van der Waals surface area contributed by atoms with Crippen molar-refractivity contribution in [2.45, 2.75) is 46.1 Å². The smallest absolute Gasteiger partial charge is 0.125 e. The van der Waals surface area contributed by atoms with E-state index in [9.17, 15) is 0 Å². The third-order valence-electron chi connectivity index (χ3n) is 5.76. The van der Waals surface area contributed by atoms with Gasteiger partial charge in [-0.2, -0.15) is 0 Å². The van der Waals surface area contributed by atoms with Gasteiger partial charge in [0.15, 0.2) is 0 Å². The second kappa shape index (κ2) is 4.87. The van der Waals surface area contributed by atoms with Gasteiger partial charge in [-0.3, -0.25) is 0 Å². The minimum Gasteiger partial charge on any atom is -0.372 e. The maximum atomic E-state index is 6.17. The fourth-order valence-corrected chi connectivity index (χ4v) is 3.96. The van der Waals surface area contributed by atoms with Crippen LogP contribution in [0.3, 0.4) is 0 Å². The van der Waals surface area contributed by atoms with E-state index in [1.807, 2.05) is 0 Å². The minimum atomic E-state index is 0.421. The van der Waals surface area contributed by atoms with Crippen LogP contribution in [-0.4, -0.2) is 32.3 Å². The van der Waals surface area contributed by atoms with Crippen LogP contribution in [0.1, 0.15) is 40.0 Å². The van der Waals surface area contributed by atoms with Crippen molar-refractivity contribution in [1.82, 2.24) is 0 Å². The molecule has 0 saturated heterocycles. The molecular formula is C14H30N2O+2. The molecule has 17 heavy (non-hydrogen) atoms. The summed E-state index contributed by atoms with van der Waals surface area (Å²) in [5.41, 5.74) is 4.75. The molecule has 100 valence electrons. The van der Waals surface area contributed by atoms with Gasteiger partial charge >= 0.3 is 0 Å². The van der Waals surface area contributed by atoms with Gasteiger partial charge in [-0.05, 0) is 36.0 Å². The molecule has 3 heteroatoms. The summed E-state index contributed by atoms with van der Waals surface area (Å²) in [4.78, 5) is 0. The third kappa shape index (κ3) is 2.13. The van der Waals surface area contributed by atoms with Gasteiger partial charge in [0, 0.05) is 0 Å². The lowest BCUT2D eigenvalue weighted by Crippen LogP contribution is -2.88. The molecule has 0 radical (unpaired) electrons. The van der Waals surface area contributed by atoms with Crippen molar-refractivity contribution in [2.24, 2.45) is 16.7 Å². The van der Waals surface area contributed by atoms with Crippen molar-refractivity contribution in [3.05, 3.63) is 0 Å². The molecule has 0 unspecified atom stereocenters. The Morgan fingerprint density at radius 1 is 1.29 bits per heavy atom. The zero-order valence-corrected chi connectivity index (χ0v) is 11.8. The number of quaternary nitrogens is 2. The Balaban J connectivity index is 1.80. The highest BCUT2D eigenvalue weighted by atomic mass is 16.5. The van der Waals surface area contributed by atoms with Crippen molar-refractivity contribution in [3.8, 4) is 0 Å². The van der Waals surface area contributed by atoms with Gasteiger partial charge in [0.05, 0.1) is 19.3 Å². The molecule has 2 aliphatic carbocycles. The van der Waals surface area contributed by atoms with Gasteiger partial charge in [-0.1, -0.05) is 20.8 Å². The number of hydrogen-bond donors (Lipinski definition) is 2. The molecule has 2 saturated carbocycles. The van der Waals surface area contributed by atoms with Crippen molar-refractivity contribution in [1.29, 1.82) is 0 Å². The number of fused-ring (bicyclic) bond motifs is 2. The molecular weight excluding hydrogens is 212 g/mol. The number of ether oxygens (including phenoxy) is 1. The molecule has 5 N–H and O–H groups in total. The van der Waals surface area contributed by atoms with E-state index in [4.69, 9.17) is 4.74 Å². The Morgan fingerprint density at radius 3 is 2.59 bits per heavy atom. The average Bonchev–Trinajstić information content (AvgIpc) is 2.61. The molecule has 2 aliphatic rings. The molecule has 0 aromatic heterocycles. The topological polar surface area (TPSA) is 53.5 Å². The summed E-state index contributed by atoms with van der Waals surface area (Å²) in [5, 5.41) is 2.31. The van der Waals surface area contributed by atoms with E-state index in [-0.39, 0.29) is 0 Å². The van der Waals surface area contributed by atoms with Crippen LogP contribution in [0.2, 0.25) is 0 Å². The molecule has 2 rings (SSSR count). The van der Waals surface area contributed by atoms with Gasteiger partial charge in [-0.25, -0.2) is 0 Å². The first-order valence-electron chi connectivity index (χ1n) is 7.25. The summed E-state index contributed by atoms with van der Waals surface area (Å²) in [6.07, 6.45) is 4.57.